The smallest absolute Gasteiger partial charge is 0.303 e. The molecule has 5 aromatic rings. The van der Waals surface area contributed by atoms with Gasteiger partial charge in [-0.05, 0) is 46.5 Å². The lowest BCUT2D eigenvalue weighted by molar-refractivity contribution is -0.136. The molecule has 3 heteroatoms. The molecule has 0 saturated heterocycles. The first-order valence-corrected chi connectivity index (χ1v) is 10.1. The molecule has 1 heterocycles. The van der Waals surface area contributed by atoms with E-state index in [1.54, 1.807) is 0 Å². The first kappa shape index (κ1) is 18.2. The number of nitrogens with zero attached hydrogens (tertiary/aromatic N) is 1. The normalized spacial score (nSPS) is 11.2. The van der Waals surface area contributed by atoms with Crippen LogP contribution in [0.5, 0.6) is 0 Å². The maximum Gasteiger partial charge on any atom is 0.303 e. The van der Waals surface area contributed by atoms with Gasteiger partial charge in [-0.3, -0.25) is 4.79 Å². The average Bonchev–Trinajstić information content (AvgIpc) is 3.18. The van der Waals surface area contributed by atoms with E-state index < -0.39 is 5.97 Å². The third kappa shape index (κ3) is 3.15. The van der Waals surface area contributed by atoms with Crippen LogP contribution in [0, 0.1) is 0 Å². The van der Waals surface area contributed by atoms with Crippen LogP contribution in [0.1, 0.15) is 12.0 Å². The molecular formula is C27H21NO2. The molecule has 0 radical (unpaired) electrons. The number of hydrogen-bond donors (Lipinski definition) is 1. The second kappa shape index (κ2) is 7.53. The molecule has 0 unspecified atom stereocenters. The van der Waals surface area contributed by atoms with Crippen LogP contribution >= 0.6 is 0 Å². The molecule has 0 aliphatic heterocycles. The minimum atomic E-state index is -0.781. The van der Waals surface area contributed by atoms with Crippen molar-refractivity contribution in [2.24, 2.45) is 0 Å². The predicted molar refractivity (Wildman–Crippen MR) is 122 cm³/mol. The van der Waals surface area contributed by atoms with Gasteiger partial charge in [-0.25, -0.2) is 0 Å². The van der Waals surface area contributed by atoms with E-state index in [0.717, 1.165) is 28.0 Å². The molecule has 0 amide bonds. The molecule has 0 spiro atoms. The third-order valence-electron chi connectivity index (χ3n) is 5.62. The van der Waals surface area contributed by atoms with Crippen LogP contribution in [-0.2, 0) is 11.2 Å². The van der Waals surface area contributed by atoms with Crippen LogP contribution in [-0.4, -0.2) is 15.6 Å². The van der Waals surface area contributed by atoms with Crippen molar-refractivity contribution >= 4 is 27.6 Å². The SMILES string of the molecule is O=C(O)CCc1ccccc1-n1c(-c2ccccc2)cc2c3ccccc3ccc21. The van der Waals surface area contributed by atoms with E-state index in [1.807, 2.05) is 36.4 Å². The van der Waals surface area contributed by atoms with E-state index in [1.165, 1.54) is 16.2 Å². The number of hydrogen-bond acceptors (Lipinski definition) is 1. The van der Waals surface area contributed by atoms with Gasteiger partial charge < -0.3 is 9.67 Å². The molecule has 30 heavy (non-hydrogen) atoms. The molecule has 0 aliphatic carbocycles. The maximum atomic E-state index is 11.2. The van der Waals surface area contributed by atoms with Crippen molar-refractivity contribution in [3.05, 3.63) is 103 Å². The Morgan fingerprint density at radius 1 is 0.767 bits per heavy atom. The molecule has 4 aromatic carbocycles. The Hall–Kier alpha value is -3.85. The number of carbonyl (C=O) groups is 1. The van der Waals surface area contributed by atoms with Crippen molar-refractivity contribution in [1.29, 1.82) is 0 Å². The van der Waals surface area contributed by atoms with Gasteiger partial charge in [0.1, 0.15) is 0 Å². The largest absolute Gasteiger partial charge is 0.481 e. The first-order chi connectivity index (χ1) is 14.7. The summed E-state index contributed by atoms with van der Waals surface area (Å²) >= 11 is 0. The zero-order chi connectivity index (χ0) is 20.5. The summed E-state index contributed by atoms with van der Waals surface area (Å²) in [7, 11) is 0. The number of carboxylic acids is 1. The van der Waals surface area contributed by atoms with Gasteiger partial charge in [-0.1, -0.05) is 78.9 Å². The molecular weight excluding hydrogens is 370 g/mol. The summed E-state index contributed by atoms with van der Waals surface area (Å²) in [6.45, 7) is 0. The van der Waals surface area contributed by atoms with E-state index in [-0.39, 0.29) is 6.42 Å². The summed E-state index contributed by atoms with van der Waals surface area (Å²) in [5.74, 6) is -0.781. The van der Waals surface area contributed by atoms with Crippen LogP contribution in [0.2, 0.25) is 0 Å². The first-order valence-electron chi connectivity index (χ1n) is 10.1. The lowest BCUT2D eigenvalue weighted by atomic mass is 10.1. The van der Waals surface area contributed by atoms with Crippen molar-refractivity contribution < 1.29 is 9.90 Å². The Balaban J connectivity index is 1.83. The number of para-hydroxylation sites is 1. The van der Waals surface area contributed by atoms with Gasteiger partial charge in [0.25, 0.3) is 0 Å². The molecule has 0 saturated carbocycles. The third-order valence-corrected chi connectivity index (χ3v) is 5.62. The summed E-state index contributed by atoms with van der Waals surface area (Å²) in [6.07, 6.45) is 0.604. The number of aromatic nitrogens is 1. The van der Waals surface area contributed by atoms with Gasteiger partial charge >= 0.3 is 5.97 Å². The number of aliphatic carboxylic acids is 1. The van der Waals surface area contributed by atoms with Crippen molar-refractivity contribution in [3.63, 3.8) is 0 Å². The van der Waals surface area contributed by atoms with Gasteiger partial charge in [-0.2, -0.15) is 0 Å². The number of rotatable bonds is 5. The fourth-order valence-electron chi connectivity index (χ4n) is 4.22. The second-order valence-electron chi connectivity index (χ2n) is 7.47. The van der Waals surface area contributed by atoms with Crippen molar-refractivity contribution in [2.75, 3.05) is 0 Å². The van der Waals surface area contributed by atoms with E-state index >= 15 is 0 Å². The highest BCUT2D eigenvalue weighted by Crippen LogP contribution is 2.36. The maximum absolute atomic E-state index is 11.2. The molecule has 0 fully saturated rings. The Kier molecular flexibility index (Phi) is 4.56. The number of fused-ring (bicyclic) bond motifs is 3. The average molecular weight is 391 g/mol. The van der Waals surface area contributed by atoms with Gasteiger partial charge in [0.2, 0.25) is 0 Å². The highest BCUT2D eigenvalue weighted by Gasteiger charge is 2.16. The lowest BCUT2D eigenvalue weighted by Crippen LogP contribution is -2.04. The molecule has 146 valence electrons. The van der Waals surface area contributed by atoms with Crippen LogP contribution in [0.25, 0.3) is 38.6 Å². The van der Waals surface area contributed by atoms with E-state index in [9.17, 15) is 9.90 Å². The molecule has 1 aromatic heterocycles. The summed E-state index contributed by atoms with van der Waals surface area (Å²) in [4.78, 5) is 11.2. The van der Waals surface area contributed by atoms with Crippen LogP contribution in [0.15, 0.2) is 97.1 Å². The quantitative estimate of drug-likeness (QED) is 0.373. The minimum Gasteiger partial charge on any atom is -0.481 e. The predicted octanol–water partition coefficient (Wildman–Crippen LogP) is 6.47. The van der Waals surface area contributed by atoms with Crippen molar-refractivity contribution in [3.8, 4) is 16.9 Å². The Morgan fingerprint density at radius 3 is 2.33 bits per heavy atom. The Bertz CT molecular complexity index is 1370. The van der Waals surface area contributed by atoms with Crippen LogP contribution in [0.4, 0.5) is 0 Å². The van der Waals surface area contributed by atoms with Gasteiger partial charge in [0.15, 0.2) is 0 Å². The van der Waals surface area contributed by atoms with E-state index in [0.29, 0.717) is 6.42 Å². The number of benzene rings is 4. The fraction of sp³-hybridized carbons (Fsp3) is 0.0741. The highest BCUT2D eigenvalue weighted by atomic mass is 16.4. The molecule has 3 nitrogen and oxygen atoms in total. The van der Waals surface area contributed by atoms with E-state index in [2.05, 4.69) is 65.2 Å². The highest BCUT2D eigenvalue weighted by molar-refractivity contribution is 6.09. The Labute approximate surface area is 174 Å². The fourth-order valence-corrected chi connectivity index (χ4v) is 4.22. The van der Waals surface area contributed by atoms with E-state index in [4.69, 9.17) is 0 Å². The summed E-state index contributed by atoms with van der Waals surface area (Å²) in [5, 5.41) is 12.8. The minimum absolute atomic E-state index is 0.111. The van der Waals surface area contributed by atoms with Gasteiger partial charge in [0.05, 0.1) is 11.2 Å². The zero-order valence-electron chi connectivity index (χ0n) is 16.5. The second-order valence-corrected chi connectivity index (χ2v) is 7.47. The van der Waals surface area contributed by atoms with Gasteiger partial charge in [-0.15, -0.1) is 0 Å². The summed E-state index contributed by atoms with van der Waals surface area (Å²) < 4.78 is 2.27. The Morgan fingerprint density at radius 2 is 1.50 bits per heavy atom. The van der Waals surface area contributed by atoms with Crippen LogP contribution in [0.3, 0.4) is 0 Å². The number of aryl methyl sites for hydroxylation is 1. The molecule has 0 bridgehead atoms. The van der Waals surface area contributed by atoms with Gasteiger partial charge in [0, 0.05) is 17.5 Å². The lowest BCUT2D eigenvalue weighted by Gasteiger charge is -2.15. The molecule has 5 rings (SSSR count). The van der Waals surface area contributed by atoms with Crippen LogP contribution < -0.4 is 0 Å². The monoisotopic (exact) mass is 391 g/mol. The van der Waals surface area contributed by atoms with Crippen molar-refractivity contribution in [2.45, 2.75) is 12.8 Å². The number of carboxylic acid groups (broad SMARTS) is 1. The topological polar surface area (TPSA) is 42.2 Å². The molecule has 0 atom stereocenters. The zero-order valence-corrected chi connectivity index (χ0v) is 16.5. The molecule has 0 aliphatic rings. The standard InChI is InChI=1S/C27H21NO2/c29-27(30)17-15-21-11-5-7-13-24(21)28-25-16-14-19-8-4-6-12-22(19)23(25)18-26(28)20-9-2-1-3-10-20/h1-14,16,18H,15,17H2,(H,29,30). The summed E-state index contributed by atoms with van der Waals surface area (Å²) in [6, 6.07) is 33.4. The summed E-state index contributed by atoms with van der Waals surface area (Å²) in [5.41, 5.74) is 5.41. The van der Waals surface area contributed by atoms with Crippen molar-refractivity contribution in [1.82, 2.24) is 4.57 Å². The molecule has 1 N–H and O–H groups in total.